The van der Waals surface area contributed by atoms with Gasteiger partial charge in [0.15, 0.2) is 0 Å². The number of thiophene rings is 1. The van der Waals surface area contributed by atoms with E-state index >= 15 is 0 Å². The van der Waals surface area contributed by atoms with Gasteiger partial charge in [-0.3, -0.25) is 9.59 Å². The summed E-state index contributed by atoms with van der Waals surface area (Å²) in [6.45, 7) is 1.66. The summed E-state index contributed by atoms with van der Waals surface area (Å²) in [5.74, 6) is -1.17. The van der Waals surface area contributed by atoms with E-state index in [2.05, 4.69) is 5.32 Å². The first kappa shape index (κ1) is 12.5. The summed E-state index contributed by atoms with van der Waals surface area (Å²) < 4.78 is 4.95. The van der Waals surface area contributed by atoms with Gasteiger partial charge < -0.3 is 15.2 Å². The number of amides is 1. The molecule has 0 aliphatic carbocycles. The van der Waals surface area contributed by atoms with Crippen LogP contribution in [-0.4, -0.2) is 30.6 Å². The number of ether oxygens (including phenoxy) is 1. The largest absolute Gasteiger partial charge is 0.496 e. The molecule has 1 atom stereocenters. The van der Waals surface area contributed by atoms with E-state index in [1.807, 2.05) is 0 Å². The van der Waals surface area contributed by atoms with Crippen molar-refractivity contribution in [3.63, 3.8) is 0 Å². The number of carbonyl (C=O) groups is 2. The van der Waals surface area contributed by atoms with Crippen LogP contribution in [0, 0.1) is 5.92 Å². The van der Waals surface area contributed by atoms with E-state index in [1.54, 1.807) is 11.4 Å². The van der Waals surface area contributed by atoms with Crippen molar-refractivity contribution in [3.05, 3.63) is 16.3 Å². The molecule has 16 heavy (non-hydrogen) atoms. The van der Waals surface area contributed by atoms with Crippen LogP contribution >= 0.6 is 11.3 Å². The number of hydrogen-bond acceptors (Lipinski definition) is 4. The minimum absolute atomic E-state index is 0.119. The third kappa shape index (κ3) is 3.23. The summed E-state index contributed by atoms with van der Waals surface area (Å²) in [7, 11) is 1.52. The third-order valence-electron chi connectivity index (χ3n) is 2.03. The molecule has 1 aromatic rings. The maximum atomic E-state index is 11.6. The van der Waals surface area contributed by atoms with Crippen LogP contribution in [0.25, 0.3) is 0 Å². The maximum absolute atomic E-state index is 11.6. The van der Waals surface area contributed by atoms with Crippen LogP contribution in [0.1, 0.15) is 16.6 Å². The molecule has 0 fully saturated rings. The van der Waals surface area contributed by atoms with Gasteiger partial charge in [-0.2, -0.15) is 0 Å². The Hall–Kier alpha value is -1.56. The molecule has 88 valence electrons. The van der Waals surface area contributed by atoms with E-state index in [0.29, 0.717) is 10.6 Å². The van der Waals surface area contributed by atoms with Gasteiger partial charge in [0.05, 0.1) is 17.9 Å². The quantitative estimate of drug-likeness (QED) is 0.815. The summed E-state index contributed by atoms with van der Waals surface area (Å²) in [4.78, 5) is 22.6. The van der Waals surface area contributed by atoms with Crippen molar-refractivity contribution in [3.8, 4) is 5.75 Å². The Kier molecular flexibility index (Phi) is 4.30. The Morgan fingerprint density at radius 3 is 2.81 bits per heavy atom. The third-order valence-corrected chi connectivity index (χ3v) is 2.93. The van der Waals surface area contributed by atoms with Gasteiger partial charge in [-0.05, 0) is 0 Å². The molecule has 0 aliphatic rings. The van der Waals surface area contributed by atoms with E-state index in [1.165, 1.54) is 25.4 Å². The maximum Gasteiger partial charge on any atom is 0.308 e. The van der Waals surface area contributed by atoms with Crippen LogP contribution in [0.15, 0.2) is 11.4 Å². The first-order valence-electron chi connectivity index (χ1n) is 4.68. The van der Waals surface area contributed by atoms with E-state index < -0.39 is 11.9 Å². The number of carboxylic acids is 1. The van der Waals surface area contributed by atoms with Crippen molar-refractivity contribution in [2.45, 2.75) is 6.92 Å². The van der Waals surface area contributed by atoms with Gasteiger partial charge in [0.2, 0.25) is 0 Å². The predicted molar refractivity (Wildman–Crippen MR) is 60.0 cm³/mol. The van der Waals surface area contributed by atoms with Crippen LogP contribution < -0.4 is 10.1 Å². The highest BCUT2D eigenvalue weighted by Gasteiger charge is 2.14. The highest BCUT2D eigenvalue weighted by molar-refractivity contribution is 7.12. The van der Waals surface area contributed by atoms with Gasteiger partial charge >= 0.3 is 5.97 Å². The zero-order chi connectivity index (χ0) is 12.1. The highest BCUT2D eigenvalue weighted by Crippen LogP contribution is 2.20. The van der Waals surface area contributed by atoms with Gasteiger partial charge in [0.25, 0.3) is 5.91 Å². The first-order valence-corrected chi connectivity index (χ1v) is 5.56. The summed E-state index contributed by atoms with van der Waals surface area (Å²) in [5.41, 5.74) is 0. The van der Waals surface area contributed by atoms with Crippen molar-refractivity contribution in [2.75, 3.05) is 13.7 Å². The highest BCUT2D eigenvalue weighted by atomic mass is 32.1. The van der Waals surface area contributed by atoms with Crippen molar-refractivity contribution < 1.29 is 19.4 Å². The topological polar surface area (TPSA) is 75.6 Å². The van der Waals surface area contributed by atoms with Gasteiger partial charge in [0.1, 0.15) is 5.75 Å². The number of methoxy groups -OCH3 is 1. The molecular weight excluding hydrogens is 230 g/mol. The van der Waals surface area contributed by atoms with E-state index in [4.69, 9.17) is 9.84 Å². The molecule has 0 aromatic carbocycles. The average Bonchev–Trinajstić information content (AvgIpc) is 2.73. The fraction of sp³-hybridized carbons (Fsp3) is 0.400. The minimum Gasteiger partial charge on any atom is -0.496 e. The van der Waals surface area contributed by atoms with Crippen molar-refractivity contribution in [1.82, 2.24) is 5.32 Å². The van der Waals surface area contributed by atoms with Crippen molar-refractivity contribution >= 4 is 23.2 Å². The lowest BCUT2D eigenvalue weighted by Gasteiger charge is -2.06. The molecule has 0 spiro atoms. The number of aliphatic carboxylic acids is 1. The van der Waals surface area contributed by atoms with Crippen molar-refractivity contribution in [1.29, 1.82) is 0 Å². The lowest BCUT2D eigenvalue weighted by Crippen LogP contribution is -2.30. The van der Waals surface area contributed by atoms with Crippen LogP contribution in [0.2, 0.25) is 0 Å². The molecule has 0 saturated heterocycles. The van der Waals surface area contributed by atoms with E-state index in [-0.39, 0.29) is 12.5 Å². The second-order valence-electron chi connectivity index (χ2n) is 3.30. The molecule has 0 aliphatic heterocycles. The predicted octanol–water partition coefficient (Wildman–Crippen LogP) is 1.21. The summed E-state index contributed by atoms with van der Waals surface area (Å²) >= 11 is 1.26. The van der Waals surface area contributed by atoms with Crippen LogP contribution in [-0.2, 0) is 4.79 Å². The summed E-state index contributed by atoms with van der Waals surface area (Å²) in [6, 6.07) is 1.62. The first-order chi connectivity index (χ1) is 7.54. The molecule has 1 amide bonds. The number of carboxylic acid groups (broad SMARTS) is 1. The van der Waals surface area contributed by atoms with E-state index in [9.17, 15) is 9.59 Å². The zero-order valence-electron chi connectivity index (χ0n) is 9.02. The number of carbonyl (C=O) groups excluding carboxylic acids is 1. The Balaban J connectivity index is 2.49. The Morgan fingerprint density at radius 1 is 1.62 bits per heavy atom. The molecular formula is C10H13NO4S. The Morgan fingerprint density at radius 2 is 2.31 bits per heavy atom. The molecule has 6 heteroatoms. The van der Waals surface area contributed by atoms with Crippen molar-refractivity contribution in [2.24, 2.45) is 5.92 Å². The zero-order valence-corrected chi connectivity index (χ0v) is 9.84. The fourth-order valence-electron chi connectivity index (χ4n) is 0.965. The molecule has 1 aromatic heterocycles. The number of nitrogens with one attached hydrogen (secondary N) is 1. The molecule has 2 N–H and O–H groups in total. The number of hydrogen-bond donors (Lipinski definition) is 2. The summed E-state index contributed by atoms with van der Waals surface area (Å²) in [5, 5.41) is 12.9. The SMILES string of the molecule is COc1csc(C(=O)NCC(C)C(=O)O)c1. The molecule has 0 saturated carbocycles. The summed E-state index contributed by atoms with van der Waals surface area (Å²) in [6.07, 6.45) is 0. The lowest BCUT2D eigenvalue weighted by atomic mass is 10.2. The molecule has 0 bridgehead atoms. The monoisotopic (exact) mass is 243 g/mol. The normalized spacial score (nSPS) is 11.9. The van der Waals surface area contributed by atoms with Gasteiger partial charge in [-0.25, -0.2) is 0 Å². The molecule has 1 unspecified atom stereocenters. The van der Waals surface area contributed by atoms with Crippen LogP contribution in [0.5, 0.6) is 5.75 Å². The molecule has 5 nitrogen and oxygen atoms in total. The van der Waals surface area contributed by atoms with Crippen LogP contribution in [0.3, 0.4) is 0 Å². The van der Waals surface area contributed by atoms with E-state index in [0.717, 1.165) is 0 Å². The number of rotatable bonds is 5. The average molecular weight is 243 g/mol. The molecule has 1 rings (SSSR count). The molecule has 0 radical (unpaired) electrons. The lowest BCUT2D eigenvalue weighted by molar-refractivity contribution is -0.140. The minimum atomic E-state index is -0.927. The van der Waals surface area contributed by atoms with Gasteiger partial charge in [-0.15, -0.1) is 11.3 Å². The van der Waals surface area contributed by atoms with Gasteiger partial charge in [0, 0.05) is 18.0 Å². The second kappa shape index (κ2) is 5.50. The van der Waals surface area contributed by atoms with Crippen LogP contribution in [0.4, 0.5) is 0 Å². The Labute approximate surface area is 97.0 Å². The smallest absolute Gasteiger partial charge is 0.308 e. The second-order valence-corrected chi connectivity index (χ2v) is 4.21. The molecule has 1 heterocycles. The Bertz CT molecular complexity index is 388. The fourth-order valence-corrected chi connectivity index (χ4v) is 1.74. The van der Waals surface area contributed by atoms with Gasteiger partial charge in [-0.1, -0.05) is 6.92 Å². The standard InChI is InChI=1S/C10H13NO4S/c1-6(10(13)14)4-11-9(12)8-3-7(15-2)5-16-8/h3,5-6H,4H2,1-2H3,(H,11,12)(H,13,14).